The Morgan fingerprint density at radius 1 is 1.26 bits per heavy atom. The van der Waals surface area contributed by atoms with E-state index in [4.69, 9.17) is 10.5 Å². The van der Waals surface area contributed by atoms with Crippen LogP contribution in [0.15, 0.2) is 23.2 Å². The van der Waals surface area contributed by atoms with Gasteiger partial charge in [-0.15, -0.1) is 0 Å². The Labute approximate surface area is 154 Å². The fourth-order valence-electron chi connectivity index (χ4n) is 3.74. The van der Waals surface area contributed by atoms with Crippen molar-refractivity contribution in [3.63, 3.8) is 0 Å². The molecule has 1 heterocycles. The molecule has 0 bridgehead atoms. The highest BCUT2D eigenvalue weighted by Crippen LogP contribution is 2.37. The molecule has 1 unspecified atom stereocenters. The van der Waals surface area contributed by atoms with Gasteiger partial charge in [0.05, 0.1) is 5.56 Å². The summed E-state index contributed by atoms with van der Waals surface area (Å²) < 4.78 is 58.1. The second-order valence-electron chi connectivity index (χ2n) is 7.10. The van der Waals surface area contributed by atoms with Crippen molar-refractivity contribution in [3.05, 3.63) is 29.6 Å². The zero-order valence-electron chi connectivity index (χ0n) is 14.6. The standard InChI is InChI=1S/C18H21F4N3O2/c19-14-12(18(20,21)22)7-4-8-13(14)27-10-17(15(26)24-16(23)25-17)9-11-5-2-1-3-6-11/h4,7-8,11H,1-3,5-6,9-10H2,(H3,23,24,25,26). The molecule has 1 aromatic carbocycles. The lowest BCUT2D eigenvalue weighted by Gasteiger charge is -2.30. The van der Waals surface area contributed by atoms with Gasteiger partial charge in [-0.3, -0.25) is 10.1 Å². The Morgan fingerprint density at radius 3 is 2.56 bits per heavy atom. The van der Waals surface area contributed by atoms with Gasteiger partial charge in [0.2, 0.25) is 0 Å². The van der Waals surface area contributed by atoms with Crippen LogP contribution < -0.4 is 15.8 Å². The van der Waals surface area contributed by atoms with Crippen LogP contribution in [0.3, 0.4) is 0 Å². The molecule has 2 aliphatic rings. The van der Waals surface area contributed by atoms with Crippen molar-refractivity contribution in [2.45, 2.75) is 50.2 Å². The van der Waals surface area contributed by atoms with E-state index < -0.39 is 34.8 Å². The molecule has 0 saturated heterocycles. The molecule has 3 rings (SSSR count). The van der Waals surface area contributed by atoms with Crippen molar-refractivity contribution >= 4 is 11.9 Å². The number of hydrogen-bond donors (Lipinski definition) is 2. The van der Waals surface area contributed by atoms with E-state index in [1.807, 2.05) is 0 Å². The number of aliphatic imine (C=N–C) groups is 1. The molecule has 9 heteroatoms. The third-order valence-electron chi connectivity index (χ3n) is 5.08. The van der Waals surface area contributed by atoms with Crippen LogP contribution in [0.4, 0.5) is 17.6 Å². The van der Waals surface area contributed by atoms with Gasteiger partial charge in [-0.1, -0.05) is 38.2 Å². The highest BCUT2D eigenvalue weighted by molar-refractivity contribution is 6.06. The number of hydrogen-bond acceptors (Lipinski definition) is 4. The number of halogens is 4. The average molecular weight is 387 g/mol. The van der Waals surface area contributed by atoms with Crippen molar-refractivity contribution < 1.29 is 27.1 Å². The lowest BCUT2D eigenvalue weighted by atomic mass is 9.79. The molecule has 148 valence electrons. The van der Waals surface area contributed by atoms with Gasteiger partial charge in [-0.05, 0) is 24.5 Å². The lowest BCUT2D eigenvalue weighted by molar-refractivity contribution is -0.140. The van der Waals surface area contributed by atoms with Crippen LogP contribution in [0.25, 0.3) is 0 Å². The minimum absolute atomic E-state index is 0.0658. The Kier molecular flexibility index (Phi) is 5.30. The molecule has 5 nitrogen and oxygen atoms in total. The van der Waals surface area contributed by atoms with Crippen molar-refractivity contribution in [3.8, 4) is 5.75 Å². The summed E-state index contributed by atoms with van der Waals surface area (Å²) in [6, 6.07) is 2.79. The number of carbonyl (C=O) groups excluding carboxylic acids is 1. The van der Waals surface area contributed by atoms with Gasteiger partial charge in [0.1, 0.15) is 6.61 Å². The van der Waals surface area contributed by atoms with Gasteiger partial charge in [0.25, 0.3) is 5.91 Å². The first-order chi connectivity index (χ1) is 12.7. The number of amides is 1. The van der Waals surface area contributed by atoms with Crippen LogP contribution in [0.5, 0.6) is 5.75 Å². The van der Waals surface area contributed by atoms with E-state index in [-0.39, 0.29) is 18.5 Å². The summed E-state index contributed by atoms with van der Waals surface area (Å²) in [5, 5.41) is 2.42. The van der Waals surface area contributed by atoms with Crippen molar-refractivity contribution in [2.24, 2.45) is 16.6 Å². The van der Waals surface area contributed by atoms with Crippen LogP contribution in [-0.2, 0) is 11.0 Å². The lowest BCUT2D eigenvalue weighted by Crippen LogP contribution is -2.46. The first kappa shape index (κ1) is 19.4. The summed E-state index contributed by atoms with van der Waals surface area (Å²) >= 11 is 0. The average Bonchev–Trinajstić information content (AvgIpc) is 2.87. The van der Waals surface area contributed by atoms with E-state index in [2.05, 4.69) is 10.3 Å². The fourth-order valence-corrected chi connectivity index (χ4v) is 3.74. The van der Waals surface area contributed by atoms with Crippen LogP contribution >= 0.6 is 0 Å². The Bertz CT molecular complexity index is 745. The predicted molar refractivity (Wildman–Crippen MR) is 90.6 cm³/mol. The maximum atomic E-state index is 14.2. The number of guanidine groups is 1. The van der Waals surface area contributed by atoms with Crippen molar-refractivity contribution in [1.29, 1.82) is 0 Å². The van der Waals surface area contributed by atoms with Crippen LogP contribution in [0, 0.1) is 11.7 Å². The summed E-state index contributed by atoms with van der Waals surface area (Å²) in [6.45, 7) is -0.381. The number of nitrogens with two attached hydrogens (primary N) is 1. The van der Waals surface area contributed by atoms with E-state index in [9.17, 15) is 22.4 Å². The second-order valence-corrected chi connectivity index (χ2v) is 7.10. The van der Waals surface area contributed by atoms with E-state index in [1.54, 1.807) is 0 Å². The minimum Gasteiger partial charge on any atom is -0.487 e. The van der Waals surface area contributed by atoms with Crippen LogP contribution in [-0.4, -0.2) is 24.0 Å². The molecule has 0 radical (unpaired) electrons. The molecule has 27 heavy (non-hydrogen) atoms. The minimum atomic E-state index is -4.84. The zero-order valence-corrected chi connectivity index (χ0v) is 14.6. The quantitative estimate of drug-likeness (QED) is 0.761. The molecule has 0 spiro atoms. The SMILES string of the molecule is NC1=NC(COc2cccc(C(F)(F)F)c2F)(CC2CCCCC2)C(=O)N1. The van der Waals surface area contributed by atoms with Crippen LogP contribution in [0.2, 0.25) is 0 Å². The van der Waals surface area contributed by atoms with Gasteiger partial charge in [0, 0.05) is 0 Å². The third kappa shape index (κ3) is 4.17. The maximum absolute atomic E-state index is 14.2. The summed E-state index contributed by atoms with van der Waals surface area (Å²) in [7, 11) is 0. The number of rotatable bonds is 5. The maximum Gasteiger partial charge on any atom is 0.419 e. The number of carbonyl (C=O) groups is 1. The summed E-state index contributed by atoms with van der Waals surface area (Å²) in [4.78, 5) is 16.6. The van der Waals surface area contributed by atoms with E-state index in [1.165, 1.54) is 0 Å². The molecule has 1 aliphatic heterocycles. The molecule has 1 atom stereocenters. The summed E-state index contributed by atoms with van der Waals surface area (Å²) in [5.41, 5.74) is 2.85. The number of nitrogens with one attached hydrogen (secondary N) is 1. The molecule has 0 aromatic heterocycles. The molecule has 1 saturated carbocycles. The summed E-state index contributed by atoms with van der Waals surface area (Å²) in [5.74, 6) is -2.38. The third-order valence-corrected chi connectivity index (χ3v) is 5.08. The first-order valence-corrected chi connectivity index (χ1v) is 8.86. The summed E-state index contributed by atoms with van der Waals surface area (Å²) in [6.07, 6.45) is 0.615. The van der Waals surface area contributed by atoms with E-state index >= 15 is 0 Å². The molecular weight excluding hydrogens is 366 g/mol. The van der Waals surface area contributed by atoms with Gasteiger partial charge in [-0.2, -0.15) is 13.2 Å². The Morgan fingerprint density at radius 2 is 1.96 bits per heavy atom. The van der Waals surface area contributed by atoms with E-state index in [0.29, 0.717) is 12.5 Å². The second kappa shape index (κ2) is 7.36. The number of ether oxygens (including phenoxy) is 1. The van der Waals surface area contributed by atoms with Gasteiger partial charge < -0.3 is 10.5 Å². The molecule has 3 N–H and O–H groups in total. The Balaban J connectivity index is 1.81. The van der Waals surface area contributed by atoms with Gasteiger partial charge in [0.15, 0.2) is 23.1 Å². The topological polar surface area (TPSA) is 76.7 Å². The molecule has 1 amide bonds. The Hall–Kier alpha value is -2.32. The largest absolute Gasteiger partial charge is 0.487 e. The highest BCUT2D eigenvalue weighted by atomic mass is 19.4. The monoisotopic (exact) mass is 387 g/mol. The normalized spacial score (nSPS) is 23.9. The van der Waals surface area contributed by atoms with Crippen molar-refractivity contribution in [2.75, 3.05) is 6.61 Å². The molecular formula is C18H21F4N3O2. The number of benzene rings is 1. The van der Waals surface area contributed by atoms with Gasteiger partial charge in [-0.25, -0.2) is 9.38 Å². The van der Waals surface area contributed by atoms with Crippen LogP contribution in [0.1, 0.15) is 44.1 Å². The molecule has 1 fully saturated rings. The highest BCUT2D eigenvalue weighted by Gasteiger charge is 2.46. The molecule has 1 aromatic rings. The molecule has 1 aliphatic carbocycles. The zero-order chi connectivity index (χ0) is 19.7. The fraction of sp³-hybridized carbons (Fsp3) is 0.556. The van der Waals surface area contributed by atoms with Crippen molar-refractivity contribution in [1.82, 2.24) is 5.32 Å². The van der Waals surface area contributed by atoms with Gasteiger partial charge >= 0.3 is 6.18 Å². The first-order valence-electron chi connectivity index (χ1n) is 8.86. The predicted octanol–water partition coefficient (Wildman–Crippen LogP) is 3.38. The smallest absolute Gasteiger partial charge is 0.419 e. The number of nitrogens with zero attached hydrogens (tertiary/aromatic N) is 1. The van der Waals surface area contributed by atoms with E-state index in [0.717, 1.165) is 44.2 Å². The number of alkyl halides is 3.